The summed E-state index contributed by atoms with van der Waals surface area (Å²) in [5.74, 6) is 0. The van der Waals surface area contributed by atoms with Crippen LogP contribution >= 0.6 is 0 Å². The third kappa shape index (κ3) is 5.49. The number of rotatable bonds is 8. The minimum atomic E-state index is 0.627. The van der Waals surface area contributed by atoms with E-state index in [1.807, 2.05) is 36.7 Å². The number of nitrogens with zero attached hydrogens (tertiary/aromatic N) is 2. The number of fused-ring (bicyclic) bond motifs is 6. The van der Waals surface area contributed by atoms with Crippen LogP contribution in [0.2, 0.25) is 0 Å². The summed E-state index contributed by atoms with van der Waals surface area (Å²) in [5, 5.41) is 11.7. The van der Waals surface area contributed by atoms with Gasteiger partial charge in [0.15, 0.2) is 0 Å². The zero-order chi connectivity index (χ0) is 35.0. The maximum Gasteiger partial charge on any atom is 0.0550 e. The summed E-state index contributed by atoms with van der Waals surface area (Å²) >= 11 is 0. The van der Waals surface area contributed by atoms with Crippen molar-refractivity contribution in [3.8, 4) is 11.4 Å². The molecule has 9 aromatic rings. The molecule has 0 radical (unpaired) electrons. The van der Waals surface area contributed by atoms with Crippen molar-refractivity contribution in [1.29, 1.82) is 0 Å². The van der Waals surface area contributed by atoms with E-state index in [0.717, 1.165) is 33.9 Å². The maximum absolute atomic E-state index is 6.48. The Kier molecular flexibility index (Phi) is 7.67. The van der Waals surface area contributed by atoms with Gasteiger partial charge in [0.2, 0.25) is 0 Å². The average Bonchev–Trinajstić information content (AvgIpc) is 3.73. The first kappa shape index (κ1) is 30.8. The summed E-state index contributed by atoms with van der Waals surface area (Å²) in [4.78, 5) is 0. The molecule has 9 rings (SSSR count). The molecule has 6 nitrogen and oxygen atoms in total. The van der Waals surface area contributed by atoms with Crippen LogP contribution in [-0.4, -0.2) is 9.13 Å². The fraction of sp³-hybridized carbons (Fsp3) is 0. The van der Waals surface area contributed by atoms with Crippen LogP contribution in [0.4, 0.5) is 11.4 Å². The van der Waals surface area contributed by atoms with Crippen molar-refractivity contribution in [2.24, 2.45) is 11.5 Å². The molecular weight excluding hydrogens is 637 g/mol. The van der Waals surface area contributed by atoms with Crippen LogP contribution in [0.3, 0.4) is 0 Å². The highest BCUT2D eigenvalue weighted by molar-refractivity contribution is 6.10. The van der Waals surface area contributed by atoms with Gasteiger partial charge in [-0.25, -0.2) is 0 Å². The van der Waals surface area contributed by atoms with Gasteiger partial charge in [-0.3, -0.25) is 0 Å². The van der Waals surface area contributed by atoms with E-state index in [0.29, 0.717) is 11.4 Å². The summed E-state index contributed by atoms with van der Waals surface area (Å²) in [5.41, 5.74) is 24.9. The van der Waals surface area contributed by atoms with E-state index < -0.39 is 0 Å². The van der Waals surface area contributed by atoms with Gasteiger partial charge in [-0.15, -0.1) is 0 Å². The lowest BCUT2D eigenvalue weighted by molar-refractivity contribution is 1.18. The van der Waals surface area contributed by atoms with Crippen molar-refractivity contribution in [3.05, 3.63) is 193 Å². The number of benzene rings is 7. The van der Waals surface area contributed by atoms with Crippen molar-refractivity contribution < 1.29 is 0 Å². The van der Waals surface area contributed by atoms with Crippen molar-refractivity contribution in [1.82, 2.24) is 9.13 Å². The molecule has 0 aliphatic rings. The lowest BCUT2D eigenvalue weighted by Crippen LogP contribution is -2.03. The van der Waals surface area contributed by atoms with Crippen molar-refractivity contribution in [2.45, 2.75) is 0 Å². The smallest absolute Gasteiger partial charge is 0.0550 e. The molecule has 6 N–H and O–H groups in total. The fourth-order valence-corrected chi connectivity index (χ4v) is 7.16. The molecule has 0 saturated carbocycles. The highest BCUT2D eigenvalue weighted by atomic mass is 15.0. The number of aromatic nitrogens is 2. The van der Waals surface area contributed by atoms with Gasteiger partial charge < -0.3 is 31.2 Å². The Morgan fingerprint density at radius 2 is 0.654 bits per heavy atom. The Balaban J connectivity index is 0.866. The largest absolute Gasteiger partial charge is 0.397 e. The van der Waals surface area contributed by atoms with E-state index in [9.17, 15) is 0 Å². The van der Waals surface area contributed by atoms with E-state index in [2.05, 4.69) is 165 Å². The standard InChI is InChI=1S/C46H36N6/c47-41(29-49-33-21-25-35(26-22-33)51-43-13-5-1-9-37(43)38-10-2-6-14-44(38)51)31-17-19-32(20-18-31)42(48)30-50-34-23-27-36(28-24-34)52-45-15-7-3-11-39(45)40-12-4-8-16-46(40)52/h1-30,49-50H,47-48H2/b41-29-,42-30-. The lowest BCUT2D eigenvalue weighted by Gasteiger charge is -2.10. The van der Waals surface area contributed by atoms with Gasteiger partial charge in [0.25, 0.3) is 0 Å². The molecule has 0 saturated heterocycles. The molecule has 2 aromatic heterocycles. The zero-order valence-corrected chi connectivity index (χ0v) is 28.4. The van der Waals surface area contributed by atoms with Crippen LogP contribution in [0.25, 0.3) is 66.4 Å². The third-order valence-electron chi connectivity index (χ3n) is 9.75. The van der Waals surface area contributed by atoms with E-state index in [1.165, 1.54) is 43.6 Å². The number of para-hydroxylation sites is 4. The first-order chi connectivity index (χ1) is 25.6. The van der Waals surface area contributed by atoms with Gasteiger partial charge in [-0.1, -0.05) is 97.1 Å². The van der Waals surface area contributed by atoms with E-state index in [4.69, 9.17) is 11.5 Å². The Morgan fingerprint density at radius 1 is 0.365 bits per heavy atom. The molecule has 2 heterocycles. The summed E-state index contributed by atoms with van der Waals surface area (Å²) in [6.07, 6.45) is 3.66. The number of nitrogens with one attached hydrogen (secondary N) is 2. The highest BCUT2D eigenvalue weighted by Gasteiger charge is 2.12. The molecule has 6 heteroatoms. The molecular formula is C46H36N6. The summed E-state index contributed by atoms with van der Waals surface area (Å²) in [6, 6.07) is 58.8. The molecule has 0 spiro atoms. The average molecular weight is 673 g/mol. The third-order valence-corrected chi connectivity index (χ3v) is 9.75. The summed E-state index contributed by atoms with van der Waals surface area (Å²) in [7, 11) is 0. The monoisotopic (exact) mass is 672 g/mol. The minimum absolute atomic E-state index is 0.627. The number of anilines is 2. The maximum atomic E-state index is 6.48. The second-order valence-electron chi connectivity index (χ2n) is 12.9. The van der Waals surface area contributed by atoms with Crippen LogP contribution < -0.4 is 22.1 Å². The van der Waals surface area contributed by atoms with Crippen molar-refractivity contribution in [2.75, 3.05) is 10.6 Å². The van der Waals surface area contributed by atoms with Gasteiger partial charge in [-0.05, 0) is 83.9 Å². The van der Waals surface area contributed by atoms with Gasteiger partial charge in [0.05, 0.1) is 33.5 Å². The minimum Gasteiger partial charge on any atom is -0.397 e. The van der Waals surface area contributed by atoms with Gasteiger partial charge in [-0.2, -0.15) is 0 Å². The van der Waals surface area contributed by atoms with Crippen molar-refractivity contribution in [3.63, 3.8) is 0 Å². The van der Waals surface area contributed by atoms with Crippen LogP contribution in [0.5, 0.6) is 0 Å². The molecule has 0 aliphatic carbocycles. The van der Waals surface area contributed by atoms with Gasteiger partial charge >= 0.3 is 0 Å². The predicted molar refractivity (Wildman–Crippen MR) is 220 cm³/mol. The first-order valence-electron chi connectivity index (χ1n) is 17.3. The Labute approximate surface area is 301 Å². The Bertz CT molecular complexity index is 2480. The SMILES string of the molecule is N/C(=C\Nc1ccc(-n2c3ccccc3c3ccccc32)cc1)c1ccc(/C(N)=C/Nc2ccc(-n3c4ccccc4c4ccccc43)cc2)cc1. The number of hydrogen-bond acceptors (Lipinski definition) is 4. The number of nitrogens with two attached hydrogens (primary N) is 2. The summed E-state index contributed by atoms with van der Waals surface area (Å²) < 4.78 is 4.61. The van der Waals surface area contributed by atoms with Crippen LogP contribution in [0, 0.1) is 0 Å². The molecule has 0 atom stereocenters. The fourth-order valence-electron chi connectivity index (χ4n) is 7.16. The normalized spacial score (nSPS) is 12.2. The second-order valence-corrected chi connectivity index (χ2v) is 12.9. The van der Waals surface area contributed by atoms with Gasteiger partial charge in [0.1, 0.15) is 0 Å². The Hall–Kier alpha value is -7.18. The molecule has 0 amide bonds. The predicted octanol–water partition coefficient (Wildman–Crippen LogP) is 10.6. The quantitative estimate of drug-likeness (QED) is 0.129. The molecule has 7 aromatic carbocycles. The number of hydrogen-bond donors (Lipinski definition) is 4. The first-order valence-corrected chi connectivity index (χ1v) is 17.3. The molecule has 0 fully saturated rings. The second kappa shape index (κ2) is 12.9. The van der Waals surface area contributed by atoms with Crippen molar-refractivity contribution >= 4 is 66.4 Å². The van der Waals surface area contributed by atoms with Gasteiger partial charge in [0, 0.05) is 56.7 Å². The van der Waals surface area contributed by atoms with Crippen LogP contribution in [0.15, 0.2) is 182 Å². The van der Waals surface area contributed by atoms with Crippen LogP contribution in [0.1, 0.15) is 11.1 Å². The molecule has 0 bridgehead atoms. The van der Waals surface area contributed by atoms with E-state index in [1.54, 1.807) is 0 Å². The molecule has 52 heavy (non-hydrogen) atoms. The van der Waals surface area contributed by atoms with E-state index >= 15 is 0 Å². The van der Waals surface area contributed by atoms with E-state index in [-0.39, 0.29) is 0 Å². The topological polar surface area (TPSA) is 86.0 Å². The molecule has 250 valence electrons. The summed E-state index contributed by atoms with van der Waals surface area (Å²) in [6.45, 7) is 0. The lowest BCUT2D eigenvalue weighted by atomic mass is 10.1. The molecule has 0 aliphatic heterocycles. The Morgan fingerprint density at radius 3 is 0.962 bits per heavy atom. The van der Waals surface area contributed by atoms with Crippen LogP contribution in [-0.2, 0) is 0 Å². The molecule has 0 unspecified atom stereocenters. The highest BCUT2D eigenvalue weighted by Crippen LogP contribution is 2.33. The zero-order valence-electron chi connectivity index (χ0n) is 28.4.